The van der Waals surface area contributed by atoms with Crippen LogP contribution in [0.1, 0.15) is 26.2 Å². The van der Waals surface area contributed by atoms with Crippen LogP contribution >= 0.6 is 11.6 Å². The molecule has 0 atom stereocenters. The molecular weight excluding hydrogens is 262 g/mol. The van der Waals surface area contributed by atoms with Gasteiger partial charge in [-0.15, -0.1) is 0 Å². The Balaban J connectivity index is 1.99. The third-order valence-electron chi connectivity index (χ3n) is 3.69. The van der Waals surface area contributed by atoms with E-state index in [9.17, 15) is 4.79 Å². The molecule has 1 heterocycles. The largest absolute Gasteiger partial charge is 0.495 e. The summed E-state index contributed by atoms with van der Waals surface area (Å²) < 4.78 is 5.25. The lowest BCUT2D eigenvalue weighted by molar-refractivity contribution is -0.118. The molecule has 0 aliphatic carbocycles. The van der Waals surface area contributed by atoms with Crippen molar-refractivity contribution in [2.45, 2.75) is 26.2 Å². The molecule has 0 bridgehead atoms. The molecule has 1 aromatic rings. The molecule has 104 valence electrons. The van der Waals surface area contributed by atoms with E-state index in [1.54, 1.807) is 14.0 Å². The summed E-state index contributed by atoms with van der Waals surface area (Å²) in [6.45, 7) is 3.65. The number of hydrogen-bond donors (Lipinski definition) is 0. The van der Waals surface area contributed by atoms with Crippen molar-refractivity contribution in [3.8, 4) is 5.75 Å². The first-order valence-electron chi connectivity index (χ1n) is 6.68. The summed E-state index contributed by atoms with van der Waals surface area (Å²) in [6, 6.07) is 5.88. The Hall–Kier alpha value is -1.22. The Morgan fingerprint density at radius 1 is 1.42 bits per heavy atom. The summed E-state index contributed by atoms with van der Waals surface area (Å²) in [5.41, 5.74) is 1.14. The number of carbonyl (C=O) groups is 1. The summed E-state index contributed by atoms with van der Waals surface area (Å²) in [7, 11) is 1.63. The zero-order valence-corrected chi connectivity index (χ0v) is 12.2. The smallest absolute Gasteiger partial charge is 0.139 e. The van der Waals surface area contributed by atoms with Crippen LogP contribution in [0.15, 0.2) is 18.2 Å². The molecule has 0 amide bonds. The summed E-state index contributed by atoms with van der Waals surface area (Å²) in [4.78, 5) is 13.5. The van der Waals surface area contributed by atoms with Gasteiger partial charge in [-0.05, 0) is 37.8 Å². The third-order valence-corrected chi connectivity index (χ3v) is 4.00. The second kappa shape index (κ2) is 6.29. The lowest BCUT2D eigenvalue weighted by Gasteiger charge is -2.33. The van der Waals surface area contributed by atoms with Crippen LogP contribution in [0.2, 0.25) is 5.02 Å². The highest BCUT2D eigenvalue weighted by Gasteiger charge is 2.21. The van der Waals surface area contributed by atoms with Crippen molar-refractivity contribution >= 4 is 23.1 Å². The molecule has 1 aliphatic rings. The molecule has 0 radical (unpaired) electrons. The number of anilines is 1. The van der Waals surface area contributed by atoms with Gasteiger partial charge in [0.2, 0.25) is 0 Å². The molecule has 1 fully saturated rings. The predicted octanol–water partition coefficient (Wildman–Crippen LogP) is 3.54. The number of ketones is 1. The first-order chi connectivity index (χ1) is 9.10. The summed E-state index contributed by atoms with van der Waals surface area (Å²) in [5.74, 6) is 1.56. The number of benzene rings is 1. The van der Waals surface area contributed by atoms with E-state index in [4.69, 9.17) is 16.3 Å². The molecular formula is C15H20ClNO2. The zero-order chi connectivity index (χ0) is 13.8. The van der Waals surface area contributed by atoms with Crippen molar-refractivity contribution in [2.24, 2.45) is 5.92 Å². The molecule has 1 aromatic carbocycles. The fraction of sp³-hybridized carbons (Fsp3) is 0.533. The Morgan fingerprint density at radius 2 is 2.11 bits per heavy atom. The fourth-order valence-corrected chi connectivity index (χ4v) is 2.84. The van der Waals surface area contributed by atoms with Gasteiger partial charge in [0, 0.05) is 31.3 Å². The van der Waals surface area contributed by atoms with Crippen LogP contribution in [0.5, 0.6) is 5.75 Å². The van der Waals surface area contributed by atoms with Crippen LogP contribution in [0.4, 0.5) is 5.69 Å². The Morgan fingerprint density at radius 3 is 2.68 bits per heavy atom. The van der Waals surface area contributed by atoms with E-state index in [1.807, 2.05) is 18.2 Å². The van der Waals surface area contributed by atoms with Gasteiger partial charge in [0.25, 0.3) is 0 Å². The monoisotopic (exact) mass is 281 g/mol. The number of methoxy groups -OCH3 is 1. The number of Topliss-reactive ketones (excluding diaryl/α,β-unsaturated/α-hetero) is 1. The van der Waals surface area contributed by atoms with Gasteiger partial charge in [0.1, 0.15) is 11.5 Å². The maximum absolute atomic E-state index is 11.1. The molecule has 1 aliphatic heterocycles. The van der Waals surface area contributed by atoms with Crippen molar-refractivity contribution in [1.29, 1.82) is 0 Å². The lowest BCUT2D eigenvalue weighted by atomic mass is 9.92. The average Bonchev–Trinajstić information content (AvgIpc) is 2.40. The van der Waals surface area contributed by atoms with Gasteiger partial charge >= 0.3 is 0 Å². The fourth-order valence-electron chi connectivity index (χ4n) is 2.65. The van der Waals surface area contributed by atoms with Crippen molar-refractivity contribution in [2.75, 3.05) is 25.1 Å². The number of nitrogens with zero attached hydrogens (tertiary/aromatic N) is 1. The highest BCUT2D eigenvalue weighted by molar-refractivity contribution is 6.32. The van der Waals surface area contributed by atoms with E-state index < -0.39 is 0 Å². The number of carbonyl (C=O) groups excluding carboxylic acids is 1. The SMILES string of the molecule is COc1cc(N2CCC(CC(C)=O)CC2)ccc1Cl. The van der Waals surface area contributed by atoms with Gasteiger partial charge in [0.15, 0.2) is 0 Å². The quantitative estimate of drug-likeness (QED) is 0.845. The second-order valence-electron chi connectivity index (χ2n) is 5.16. The number of piperidine rings is 1. The predicted molar refractivity (Wildman–Crippen MR) is 78.2 cm³/mol. The van der Waals surface area contributed by atoms with Gasteiger partial charge in [-0.3, -0.25) is 0 Å². The summed E-state index contributed by atoms with van der Waals surface area (Å²) in [6.07, 6.45) is 2.87. The van der Waals surface area contributed by atoms with Crippen LogP contribution in [0.3, 0.4) is 0 Å². The highest BCUT2D eigenvalue weighted by Crippen LogP contribution is 2.31. The van der Waals surface area contributed by atoms with Crippen LogP contribution in [0, 0.1) is 5.92 Å². The summed E-state index contributed by atoms with van der Waals surface area (Å²) >= 11 is 6.03. The topological polar surface area (TPSA) is 29.5 Å². The second-order valence-corrected chi connectivity index (χ2v) is 5.56. The minimum Gasteiger partial charge on any atom is -0.495 e. The molecule has 0 unspecified atom stereocenters. The number of halogens is 1. The van der Waals surface area contributed by atoms with Crippen LogP contribution < -0.4 is 9.64 Å². The molecule has 3 nitrogen and oxygen atoms in total. The minimum absolute atomic E-state index is 0.298. The maximum atomic E-state index is 11.1. The molecule has 19 heavy (non-hydrogen) atoms. The van der Waals surface area contributed by atoms with Crippen molar-refractivity contribution in [3.05, 3.63) is 23.2 Å². The number of ether oxygens (including phenoxy) is 1. The van der Waals surface area contributed by atoms with E-state index in [1.165, 1.54) is 0 Å². The molecule has 2 rings (SSSR count). The van der Waals surface area contributed by atoms with Crippen LogP contribution in [-0.2, 0) is 4.79 Å². The number of hydrogen-bond acceptors (Lipinski definition) is 3. The molecule has 0 spiro atoms. The first-order valence-corrected chi connectivity index (χ1v) is 7.06. The van der Waals surface area contributed by atoms with Crippen LogP contribution in [-0.4, -0.2) is 26.0 Å². The van der Waals surface area contributed by atoms with E-state index in [2.05, 4.69) is 4.90 Å². The lowest BCUT2D eigenvalue weighted by Crippen LogP contribution is -2.34. The van der Waals surface area contributed by atoms with E-state index in [-0.39, 0.29) is 0 Å². The first kappa shape index (κ1) is 14.2. The normalized spacial score (nSPS) is 16.5. The van der Waals surface area contributed by atoms with Gasteiger partial charge in [-0.2, -0.15) is 0 Å². The third kappa shape index (κ3) is 3.63. The number of rotatable bonds is 4. The standard InChI is InChI=1S/C15H20ClNO2/c1-11(18)9-12-5-7-17(8-6-12)13-3-4-14(16)15(10-13)19-2/h3-4,10,12H,5-9H2,1-2H3. The molecule has 4 heteroatoms. The van der Waals surface area contributed by atoms with Crippen molar-refractivity contribution in [3.63, 3.8) is 0 Å². The van der Waals surface area contributed by atoms with Gasteiger partial charge in [-0.1, -0.05) is 11.6 Å². The maximum Gasteiger partial charge on any atom is 0.139 e. The molecule has 0 N–H and O–H groups in total. The van der Waals surface area contributed by atoms with Crippen LogP contribution in [0.25, 0.3) is 0 Å². The molecule has 0 saturated carbocycles. The minimum atomic E-state index is 0.298. The Labute approximate surface area is 119 Å². The van der Waals surface area contributed by atoms with Crippen molar-refractivity contribution < 1.29 is 9.53 Å². The average molecular weight is 282 g/mol. The Kier molecular flexibility index (Phi) is 4.70. The van der Waals surface area contributed by atoms with E-state index in [0.717, 1.165) is 38.0 Å². The van der Waals surface area contributed by atoms with E-state index in [0.29, 0.717) is 22.5 Å². The van der Waals surface area contributed by atoms with Gasteiger partial charge < -0.3 is 14.4 Å². The summed E-state index contributed by atoms with van der Waals surface area (Å²) in [5, 5.41) is 0.637. The molecule has 0 aromatic heterocycles. The van der Waals surface area contributed by atoms with E-state index >= 15 is 0 Å². The molecule has 1 saturated heterocycles. The highest BCUT2D eigenvalue weighted by atomic mass is 35.5. The Bertz CT molecular complexity index is 453. The van der Waals surface area contributed by atoms with Crippen molar-refractivity contribution in [1.82, 2.24) is 0 Å². The van der Waals surface area contributed by atoms with Gasteiger partial charge in [-0.25, -0.2) is 0 Å². The zero-order valence-electron chi connectivity index (χ0n) is 11.5. The van der Waals surface area contributed by atoms with Gasteiger partial charge in [0.05, 0.1) is 12.1 Å².